The third-order valence-corrected chi connectivity index (χ3v) is 5.11. The fourth-order valence-electron chi connectivity index (χ4n) is 2.62. The van der Waals surface area contributed by atoms with Crippen LogP contribution in [0.4, 0.5) is 11.8 Å². The first-order valence-electron chi connectivity index (χ1n) is 7.94. The zero-order chi connectivity index (χ0) is 16.4. The Morgan fingerprint density at radius 2 is 2.26 bits per heavy atom. The van der Waals surface area contributed by atoms with E-state index in [0.717, 1.165) is 29.5 Å². The number of β-amino-alcohol motifs (C(OH)–C–C–N with tert-alkyl or cyclic N) is 1. The van der Waals surface area contributed by atoms with Gasteiger partial charge in [0.1, 0.15) is 5.82 Å². The molecule has 3 heterocycles. The van der Waals surface area contributed by atoms with Crippen molar-refractivity contribution in [1.82, 2.24) is 15.0 Å². The van der Waals surface area contributed by atoms with Gasteiger partial charge >= 0.3 is 0 Å². The molecule has 1 aliphatic heterocycles. The highest BCUT2D eigenvalue weighted by atomic mass is 32.1. The van der Waals surface area contributed by atoms with E-state index in [2.05, 4.69) is 39.1 Å². The Hall–Kier alpha value is -1.73. The Morgan fingerprint density at radius 3 is 2.91 bits per heavy atom. The molecule has 6 nitrogen and oxygen atoms in total. The Morgan fingerprint density at radius 1 is 1.43 bits per heavy atom. The molecular formula is C16H23N5OS. The molecule has 0 aromatic carbocycles. The van der Waals surface area contributed by atoms with Gasteiger partial charge in [0.05, 0.1) is 23.4 Å². The topological polar surface area (TPSA) is 65.4 Å². The summed E-state index contributed by atoms with van der Waals surface area (Å²) in [5.74, 6) is 2.02. The van der Waals surface area contributed by atoms with Crippen LogP contribution in [-0.2, 0) is 6.54 Å². The van der Waals surface area contributed by atoms with Crippen LogP contribution >= 0.6 is 11.3 Å². The zero-order valence-corrected chi connectivity index (χ0v) is 14.6. The van der Waals surface area contributed by atoms with Gasteiger partial charge in [0.2, 0.25) is 5.95 Å². The van der Waals surface area contributed by atoms with Crippen LogP contribution in [0.2, 0.25) is 0 Å². The number of nitrogens with zero attached hydrogens (tertiary/aromatic N) is 5. The quantitative estimate of drug-likeness (QED) is 0.905. The molecule has 0 amide bonds. The summed E-state index contributed by atoms with van der Waals surface area (Å²) in [5, 5.41) is 12.9. The highest BCUT2D eigenvalue weighted by Crippen LogP contribution is 2.22. The smallest absolute Gasteiger partial charge is 0.227 e. The van der Waals surface area contributed by atoms with E-state index in [1.54, 1.807) is 17.5 Å². The molecular weight excluding hydrogens is 310 g/mol. The van der Waals surface area contributed by atoms with E-state index in [-0.39, 0.29) is 6.10 Å². The third kappa shape index (κ3) is 3.79. The van der Waals surface area contributed by atoms with Gasteiger partial charge in [0.25, 0.3) is 0 Å². The second kappa shape index (κ2) is 6.80. The van der Waals surface area contributed by atoms with Crippen molar-refractivity contribution in [3.8, 4) is 0 Å². The fraction of sp³-hybridized carbons (Fsp3) is 0.562. The first-order chi connectivity index (χ1) is 11.0. The summed E-state index contributed by atoms with van der Waals surface area (Å²) < 4.78 is 0. The molecule has 1 unspecified atom stereocenters. The van der Waals surface area contributed by atoms with E-state index < -0.39 is 0 Å². The van der Waals surface area contributed by atoms with Crippen molar-refractivity contribution < 1.29 is 5.11 Å². The number of aromatic nitrogens is 3. The van der Waals surface area contributed by atoms with Crippen molar-refractivity contribution >= 4 is 23.1 Å². The number of aliphatic hydroxyl groups is 1. The van der Waals surface area contributed by atoms with Crippen molar-refractivity contribution in [3.63, 3.8) is 0 Å². The lowest BCUT2D eigenvalue weighted by molar-refractivity contribution is 0.198. The van der Waals surface area contributed by atoms with Crippen LogP contribution in [0.1, 0.15) is 36.9 Å². The lowest BCUT2D eigenvalue weighted by Gasteiger charge is -2.20. The van der Waals surface area contributed by atoms with Crippen molar-refractivity contribution in [3.05, 3.63) is 28.3 Å². The Kier molecular flexibility index (Phi) is 4.77. The van der Waals surface area contributed by atoms with Gasteiger partial charge in [0, 0.05) is 37.6 Å². The molecule has 1 fully saturated rings. The van der Waals surface area contributed by atoms with E-state index in [9.17, 15) is 5.11 Å². The van der Waals surface area contributed by atoms with Crippen molar-refractivity contribution in [2.24, 2.45) is 0 Å². The predicted octanol–water partition coefficient (Wildman–Crippen LogP) is 2.26. The van der Waals surface area contributed by atoms with Gasteiger partial charge in [0.15, 0.2) is 0 Å². The number of aliphatic hydroxyl groups excluding tert-OH is 1. The average molecular weight is 333 g/mol. The number of hydrogen-bond donors (Lipinski definition) is 1. The van der Waals surface area contributed by atoms with Crippen LogP contribution < -0.4 is 9.80 Å². The van der Waals surface area contributed by atoms with E-state index in [4.69, 9.17) is 0 Å². The number of hydrogen-bond acceptors (Lipinski definition) is 7. The summed E-state index contributed by atoms with van der Waals surface area (Å²) in [6, 6.07) is 1.90. The minimum atomic E-state index is -0.254. The summed E-state index contributed by atoms with van der Waals surface area (Å²) in [7, 11) is 1.98. The summed E-state index contributed by atoms with van der Waals surface area (Å²) in [5.41, 5.74) is 1.05. The lowest BCUT2D eigenvalue weighted by Crippen LogP contribution is -2.24. The van der Waals surface area contributed by atoms with Crippen molar-refractivity contribution in [2.75, 3.05) is 29.9 Å². The summed E-state index contributed by atoms with van der Waals surface area (Å²) in [4.78, 5) is 17.8. The maximum absolute atomic E-state index is 9.68. The second-order valence-electron chi connectivity index (χ2n) is 6.29. The highest BCUT2D eigenvalue weighted by molar-refractivity contribution is 7.09. The number of rotatable bonds is 5. The Balaban J connectivity index is 1.70. The summed E-state index contributed by atoms with van der Waals surface area (Å²) >= 11 is 1.70. The molecule has 1 N–H and O–H groups in total. The molecule has 23 heavy (non-hydrogen) atoms. The monoisotopic (exact) mass is 333 g/mol. The van der Waals surface area contributed by atoms with Crippen molar-refractivity contribution in [1.29, 1.82) is 0 Å². The number of thiazole rings is 1. The Labute approximate surface area is 140 Å². The minimum Gasteiger partial charge on any atom is -0.391 e. The van der Waals surface area contributed by atoms with Crippen LogP contribution in [0.15, 0.2) is 17.6 Å². The summed E-state index contributed by atoms with van der Waals surface area (Å²) in [6.07, 6.45) is 2.32. The predicted molar refractivity (Wildman–Crippen MR) is 93.2 cm³/mol. The molecule has 1 aliphatic rings. The van der Waals surface area contributed by atoms with Gasteiger partial charge < -0.3 is 14.9 Å². The van der Waals surface area contributed by atoms with Crippen molar-refractivity contribution in [2.45, 2.75) is 38.8 Å². The third-order valence-electron chi connectivity index (χ3n) is 3.92. The Bertz CT molecular complexity index is 659. The molecule has 1 saturated heterocycles. The van der Waals surface area contributed by atoms with Crippen LogP contribution in [0.3, 0.4) is 0 Å². The van der Waals surface area contributed by atoms with Crippen LogP contribution in [0, 0.1) is 0 Å². The fourth-order valence-corrected chi connectivity index (χ4v) is 3.45. The van der Waals surface area contributed by atoms with E-state index in [1.165, 1.54) is 0 Å². The zero-order valence-electron chi connectivity index (χ0n) is 13.8. The van der Waals surface area contributed by atoms with Gasteiger partial charge in [-0.25, -0.2) is 9.97 Å². The molecule has 0 spiro atoms. The first-order valence-corrected chi connectivity index (χ1v) is 8.82. The summed E-state index contributed by atoms with van der Waals surface area (Å²) in [6.45, 7) is 6.48. The van der Waals surface area contributed by atoms with Gasteiger partial charge in [-0.2, -0.15) is 4.98 Å². The van der Waals surface area contributed by atoms with E-state index in [0.29, 0.717) is 25.0 Å². The maximum Gasteiger partial charge on any atom is 0.227 e. The van der Waals surface area contributed by atoms with E-state index >= 15 is 0 Å². The van der Waals surface area contributed by atoms with E-state index in [1.807, 2.05) is 18.0 Å². The normalized spacial score (nSPS) is 18.0. The molecule has 0 saturated carbocycles. The SMILES string of the molecule is CC(C)c1nc(CN(C)c2nccc(N3CCC(O)C3)n2)cs1. The van der Waals surface area contributed by atoms with Gasteiger partial charge in [-0.3, -0.25) is 0 Å². The molecule has 3 rings (SSSR count). The molecule has 7 heteroatoms. The average Bonchev–Trinajstić information content (AvgIpc) is 3.16. The highest BCUT2D eigenvalue weighted by Gasteiger charge is 2.22. The standard InChI is InChI=1S/C16H23N5OS/c1-11(2)15-18-12(10-23-15)8-20(3)16-17-6-4-14(19-16)21-7-5-13(22)9-21/h4,6,10-11,13,22H,5,7-9H2,1-3H3. The lowest BCUT2D eigenvalue weighted by atomic mass is 10.2. The van der Waals surface area contributed by atoms with Gasteiger partial charge in [-0.05, 0) is 12.5 Å². The second-order valence-corrected chi connectivity index (χ2v) is 7.18. The van der Waals surface area contributed by atoms with Gasteiger partial charge in [-0.15, -0.1) is 11.3 Å². The molecule has 1 atom stereocenters. The molecule has 0 radical (unpaired) electrons. The van der Waals surface area contributed by atoms with Crippen LogP contribution in [0.25, 0.3) is 0 Å². The molecule has 0 aliphatic carbocycles. The van der Waals surface area contributed by atoms with Gasteiger partial charge in [-0.1, -0.05) is 13.8 Å². The molecule has 0 bridgehead atoms. The van der Waals surface area contributed by atoms with Crippen LogP contribution in [0.5, 0.6) is 0 Å². The largest absolute Gasteiger partial charge is 0.391 e. The number of anilines is 2. The maximum atomic E-state index is 9.68. The first kappa shape index (κ1) is 16.1. The molecule has 2 aromatic heterocycles. The van der Waals surface area contributed by atoms with Crippen LogP contribution in [-0.4, -0.2) is 46.3 Å². The minimum absolute atomic E-state index is 0.254. The molecule has 124 valence electrons. The molecule has 2 aromatic rings.